The second kappa shape index (κ2) is 13.6. The zero-order chi connectivity index (χ0) is 25.9. The molecular weight excluding hydrogens is 446 g/mol. The van der Waals surface area contributed by atoms with Crippen LogP contribution in [-0.4, -0.2) is 81.0 Å². The summed E-state index contributed by atoms with van der Waals surface area (Å²) in [5, 5.41) is 33.2. The van der Waals surface area contributed by atoms with Crippen LogP contribution in [0.15, 0.2) is 0 Å². The molecule has 33 heavy (non-hydrogen) atoms. The van der Waals surface area contributed by atoms with Crippen molar-refractivity contribution in [2.45, 2.75) is 63.7 Å². The number of carboxylic acid groups (broad SMARTS) is 3. The molecule has 0 aromatic carbocycles. The van der Waals surface area contributed by atoms with Gasteiger partial charge in [0.25, 0.3) is 0 Å². The van der Waals surface area contributed by atoms with Crippen molar-refractivity contribution in [1.82, 2.24) is 16.0 Å². The normalized spacial score (nSPS) is 14.3. The van der Waals surface area contributed by atoms with Gasteiger partial charge in [0.15, 0.2) is 0 Å². The summed E-state index contributed by atoms with van der Waals surface area (Å²) in [6.07, 6.45) is -2.40. The van der Waals surface area contributed by atoms with Crippen molar-refractivity contribution in [3.8, 4) is 0 Å². The van der Waals surface area contributed by atoms with E-state index in [1.807, 2.05) is 5.32 Å². The molecule has 15 heteroatoms. The van der Waals surface area contributed by atoms with Gasteiger partial charge in [0.1, 0.15) is 18.1 Å². The first kappa shape index (κ1) is 29.2. The van der Waals surface area contributed by atoms with Gasteiger partial charge in [-0.25, -0.2) is 4.79 Å². The number of hydrogen-bond donors (Lipinski definition) is 8. The SMILES string of the molecule is CC(C)CC(NC(=O)C(N)CC(=O)O)C(=O)NC(CC(=O)O)C(=O)NC(CC(N)=O)C(=O)O. The number of amides is 4. The third kappa shape index (κ3) is 12.0. The highest BCUT2D eigenvalue weighted by atomic mass is 16.4. The molecular formula is C18H29N5O10. The quantitative estimate of drug-likeness (QED) is 0.116. The molecule has 0 aliphatic carbocycles. The molecule has 4 unspecified atom stereocenters. The molecule has 4 amide bonds. The first-order valence-electron chi connectivity index (χ1n) is 9.75. The molecule has 0 rings (SSSR count). The number of rotatable bonds is 15. The summed E-state index contributed by atoms with van der Waals surface area (Å²) >= 11 is 0. The standard InChI is InChI=1S/C18H29N5O10/c1-7(2)3-9(21-15(29)8(19)4-13(25)26)16(30)22-10(6-14(27)28)17(31)23-11(18(32)33)5-12(20)24/h7-11H,3-6,19H2,1-2H3,(H2,20,24)(H,21,29)(H,22,30)(H,23,31)(H,25,26)(H,27,28)(H,32,33). The monoisotopic (exact) mass is 475 g/mol. The predicted molar refractivity (Wildman–Crippen MR) is 109 cm³/mol. The molecule has 0 fully saturated rings. The maximum Gasteiger partial charge on any atom is 0.326 e. The van der Waals surface area contributed by atoms with E-state index in [2.05, 4.69) is 10.6 Å². The molecule has 0 aromatic heterocycles. The molecule has 10 N–H and O–H groups in total. The number of primary amides is 1. The van der Waals surface area contributed by atoms with Gasteiger partial charge in [0, 0.05) is 0 Å². The van der Waals surface area contributed by atoms with E-state index in [-0.39, 0.29) is 12.3 Å². The summed E-state index contributed by atoms with van der Waals surface area (Å²) in [6.45, 7) is 3.40. The van der Waals surface area contributed by atoms with Crippen LogP contribution in [0.1, 0.15) is 39.5 Å². The lowest BCUT2D eigenvalue weighted by Gasteiger charge is -2.25. The van der Waals surface area contributed by atoms with Gasteiger partial charge < -0.3 is 42.7 Å². The van der Waals surface area contributed by atoms with Gasteiger partial charge in [-0.1, -0.05) is 13.8 Å². The van der Waals surface area contributed by atoms with Gasteiger partial charge >= 0.3 is 17.9 Å². The summed E-state index contributed by atoms with van der Waals surface area (Å²) in [5.74, 6) is -8.83. The Hall–Kier alpha value is -3.75. The second-order valence-corrected chi connectivity index (χ2v) is 7.62. The number of carboxylic acids is 3. The van der Waals surface area contributed by atoms with Gasteiger partial charge in [0.05, 0.1) is 25.3 Å². The Morgan fingerprint density at radius 3 is 1.58 bits per heavy atom. The number of aliphatic carboxylic acids is 3. The van der Waals surface area contributed by atoms with E-state index in [1.54, 1.807) is 13.8 Å². The van der Waals surface area contributed by atoms with E-state index in [4.69, 9.17) is 26.8 Å². The van der Waals surface area contributed by atoms with Crippen molar-refractivity contribution in [3.63, 3.8) is 0 Å². The minimum Gasteiger partial charge on any atom is -0.481 e. The highest BCUT2D eigenvalue weighted by Gasteiger charge is 2.32. The van der Waals surface area contributed by atoms with Gasteiger partial charge in [0.2, 0.25) is 23.6 Å². The Labute approximate surface area is 188 Å². The highest BCUT2D eigenvalue weighted by molar-refractivity contribution is 5.96. The van der Waals surface area contributed by atoms with Crippen molar-refractivity contribution < 1.29 is 48.9 Å². The lowest BCUT2D eigenvalue weighted by Crippen LogP contribution is -2.58. The number of nitrogens with one attached hydrogen (secondary N) is 3. The second-order valence-electron chi connectivity index (χ2n) is 7.62. The largest absolute Gasteiger partial charge is 0.481 e. The summed E-state index contributed by atoms with van der Waals surface area (Å²) in [5.41, 5.74) is 10.4. The Morgan fingerprint density at radius 1 is 0.697 bits per heavy atom. The fourth-order valence-electron chi connectivity index (χ4n) is 2.59. The van der Waals surface area contributed by atoms with E-state index in [1.165, 1.54) is 0 Å². The van der Waals surface area contributed by atoms with Crippen molar-refractivity contribution in [1.29, 1.82) is 0 Å². The van der Waals surface area contributed by atoms with Crippen LogP contribution in [0.25, 0.3) is 0 Å². The van der Waals surface area contributed by atoms with Gasteiger partial charge in [-0.15, -0.1) is 0 Å². The van der Waals surface area contributed by atoms with E-state index < -0.39 is 85.0 Å². The molecule has 0 saturated carbocycles. The average molecular weight is 475 g/mol. The van der Waals surface area contributed by atoms with Gasteiger partial charge in [-0.05, 0) is 12.3 Å². The van der Waals surface area contributed by atoms with Gasteiger partial charge in [-0.2, -0.15) is 0 Å². The molecule has 4 atom stereocenters. The van der Waals surface area contributed by atoms with Crippen LogP contribution < -0.4 is 27.4 Å². The zero-order valence-electron chi connectivity index (χ0n) is 18.1. The van der Waals surface area contributed by atoms with Crippen molar-refractivity contribution in [2.24, 2.45) is 17.4 Å². The van der Waals surface area contributed by atoms with E-state index in [0.29, 0.717) is 0 Å². The maximum atomic E-state index is 12.7. The molecule has 186 valence electrons. The Kier molecular flexibility index (Phi) is 12.1. The molecule has 15 nitrogen and oxygen atoms in total. The van der Waals surface area contributed by atoms with Crippen LogP contribution >= 0.6 is 0 Å². The van der Waals surface area contributed by atoms with Crippen LogP contribution in [0.4, 0.5) is 0 Å². The molecule has 0 aromatic rings. The van der Waals surface area contributed by atoms with Crippen LogP contribution in [0, 0.1) is 5.92 Å². The topological polar surface area (TPSA) is 268 Å². The maximum absolute atomic E-state index is 12.7. The third-order valence-electron chi connectivity index (χ3n) is 4.10. The summed E-state index contributed by atoms with van der Waals surface area (Å²) in [6, 6.07) is -6.29. The number of carbonyl (C=O) groups is 7. The molecule has 0 aliphatic rings. The van der Waals surface area contributed by atoms with Crippen molar-refractivity contribution >= 4 is 41.5 Å². The minimum atomic E-state index is -1.76. The molecule has 0 saturated heterocycles. The third-order valence-corrected chi connectivity index (χ3v) is 4.10. The lowest BCUT2D eigenvalue weighted by atomic mass is 10.0. The Morgan fingerprint density at radius 2 is 1.15 bits per heavy atom. The fraction of sp³-hybridized carbons (Fsp3) is 0.611. The Bertz CT molecular complexity index is 785. The fourth-order valence-corrected chi connectivity index (χ4v) is 2.59. The first-order chi connectivity index (χ1) is 15.1. The number of hydrogen-bond acceptors (Lipinski definition) is 8. The number of carbonyl (C=O) groups excluding carboxylic acids is 4. The molecule has 0 aliphatic heterocycles. The average Bonchev–Trinajstić information content (AvgIpc) is 2.64. The molecule has 0 bridgehead atoms. The van der Waals surface area contributed by atoms with E-state index in [9.17, 15) is 33.6 Å². The summed E-state index contributed by atoms with van der Waals surface area (Å²) in [7, 11) is 0. The summed E-state index contributed by atoms with van der Waals surface area (Å²) in [4.78, 5) is 81.3. The molecule has 0 spiro atoms. The van der Waals surface area contributed by atoms with Crippen molar-refractivity contribution in [2.75, 3.05) is 0 Å². The smallest absolute Gasteiger partial charge is 0.326 e. The van der Waals surface area contributed by atoms with Crippen molar-refractivity contribution in [3.05, 3.63) is 0 Å². The zero-order valence-corrected chi connectivity index (χ0v) is 18.1. The summed E-state index contributed by atoms with van der Waals surface area (Å²) < 4.78 is 0. The van der Waals surface area contributed by atoms with Crippen LogP contribution in [-0.2, 0) is 33.6 Å². The van der Waals surface area contributed by atoms with Crippen LogP contribution in [0.2, 0.25) is 0 Å². The van der Waals surface area contributed by atoms with E-state index in [0.717, 1.165) is 0 Å². The van der Waals surface area contributed by atoms with Gasteiger partial charge in [-0.3, -0.25) is 28.8 Å². The Balaban J connectivity index is 5.56. The van der Waals surface area contributed by atoms with E-state index >= 15 is 0 Å². The lowest BCUT2D eigenvalue weighted by molar-refractivity contribution is -0.144. The molecule has 0 heterocycles. The first-order valence-corrected chi connectivity index (χ1v) is 9.75. The predicted octanol–water partition coefficient (Wildman–Crippen LogP) is -3.28. The minimum absolute atomic E-state index is 0.0260. The molecule has 0 radical (unpaired) electrons. The highest BCUT2D eigenvalue weighted by Crippen LogP contribution is 2.07. The van der Waals surface area contributed by atoms with Crippen LogP contribution in [0.5, 0.6) is 0 Å². The van der Waals surface area contributed by atoms with Crippen LogP contribution in [0.3, 0.4) is 0 Å². The number of nitrogens with two attached hydrogens (primary N) is 2.